The van der Waals surface area contributed by atoms with E-state index in [9.17, 15) is 9.59 Å². The molecular formula is C20H19N3O2S. The van der Waals surface area contributed by atoms with Crippen LogP contribution in [0, 0.1) is 0 Å². The highest BCUT2D eigenvalue weighted by atomic mass is 32.1. The summed E-state index contributed by atoms with van der Waals surface area (Å²) in [4.78, 5) is 31.4. The van der Waals surface area contributed by atoms with Crippen LogP contribution in [0.1, 0.15) is 14.7 Å². The first-order chi connectivity index (χ1) is 12.5. The number of amides is 2. The number of carbonyl (C=O) groups is 2. The summed E-state index contributed by atoms with van der Waals surface area (Å²) in [6.45, 7) is 0. The molecule has 0 saturated carbocycles. The standard InChI is InChI=1S/C20H19N3O2S/c1-23(2)17(24)13-16-22-18(14-9-5-3-6-10-14)19(26-16)20(25)21-15-11-7-4-8-12-15/h3-12H,13H2,1-2H3,(H,21,25). The van der Waals surface area contributed by atoms with Crippen molar-refractivity contribution in [2.24, 2.45) is 0 Å². The topological polar surface area (TPSA) is 62.3 Å². The molecule has 2 aromatic carbocycles. The Kier molecular flexibility index (Phi) is 5.43. The van der Waals surface area contributed by atoms with Gasteiger partial charge in [-0.05, 0) is 12.1 Å². The molecule has 5 nitrogen and oxygen atoms in total. The summed E-state index contributed by atoms with van der Waals surface area (Å²) in [7, 11) is 3.41. The smallest absolute Gasteiger partial charge is 0.268 e. The van der Waals surface area contributed by atoms with Gasteiger partial charge < -0.3 is 10.2 Å². The minimum atomic E-state index is -0.226. The monoisotopic (exact) mass is 365 g/mol. The third-order valence-electron chi connectivity index (χ3n) is 3.76. The van der Waals surface area contributed by atoms with Crippen LogP contribution in [0.2, 0.25) is 0 Å². The fourth-order valence-electron chi connectivity index (χ4n) is 2.38. The van der Waals surface area contributed by atoms with Gasteiger partial charge in [0.2, 0.25) is 5.91 Å². The maximum Gasteiger partial charge on any atom is 0.268 e. The molecule has 26 heavy (non-hydrogen) atoms. The van der Waals surface area contributed by atoms with Crippen molar-refractivity contribution >= 4 is 28.8 Å². The summed E-state index contributed by atoms with van der Waals surface area (Å²) >= 11 is 1.26. The Morgan fingerprint density at radius 2 is 1.62 bits per heavy atom. The number of rotatable bonds is 5. The molecule has 0 fully saturated rings. The molecule has 2 amide bonds. The maximum absolute atomic E-state index is 12.8. The molecule has 132 valence electrons. The van der Waals surface area contributed by atoms with E-state index in [-0.39, 0.29) is 18.2 Å². The van der Waals surface area contributed by atoms with E-state index in [0.717, 1.165) is 11.3 Å². The molecule has 0 spiro atoms. The number of benzene rings is 2. The number of para-hydroxylation sites is 1. The van der Waals surface area contributed by atoms with Gasteiger partial charge in [0.1, 0.15) is 9.88 Å². The zero-order chi connectivity index (χ0) is 18.5. The number of likely N-dealkylation sites (N-methyl/N-ethyl adjacent to an activating group) is 1. The van der Waals surface area contributed by atoms with E-state index < -0.39 is 0 Å². The Morgan fingerprint density at radius 1 is 1.00 bits per heavy atom. The second kappa shape index (κ2) is 7.93. The van der Waals surface area contributed by atoms with Crippen molar-refractivity contribution in [1.29, 1.82) is 0 Å². The SMILES string of the molecule is CN(C)C(=O)Cc1nc(-c2ccccc2)c(C(=O)Nc2ccccc2)s1. The molecule has 0 unspecified atom stereocenters. The van der Waals surface area contributed by atoms with Crippen LogP contribution in [-0.4, -0.2) is 35.8 Å². The summed E-state index contributed by atoms with van der Waals surface area (Å²) in [6.07, 6.45) is 0.177. The molecule has 0 atom stereocenters. The fraction of sp³-hybridized carbons (Fsp3) is 0.150. The van der Waals surface area contributed by atoms with Gasteiger partial charge in [-0.25, -0.2) is 4.98 Å². The number of hydrogen-bond acceptors (Lipinski definition) is 4. The van der Waals surface area contributed by atoms with Gasteiger partial charge in [0.25, 0.3) is 5.91 Å². The zero-order valence-corrected chi connectivity index (χ0v) is 15.4. The maximum atomic E-state index is 12.8. The number of thiazole rings is 1. The summed E-state index contributed by atoms with van der Waals surface area (Å²) in [5.41, 5.74) is 2.17. The van der Waals surface area contributed by atoms with Gasteiger partial charge in [-0.1, -0.05) is 48.5 Å². The number of carbonyl (C=O) groups excluding carboxylic acids is 2. The van der Waals surface area contributed by atoms with Gasteiger partial charge in [0.05, 0.1) is 12.1 Å². The van der Waals surface area contributed by atoms with Crippen LogP contribution in [0.25, 0.3) is 11.3 Å². The second-order valence-electron chi connectivity index (χ2n) is 5.94. The van der Waals surface area contributed by atoms with Crippen molar-refractivity contribution in [3.63, 3.8) is 0 Å². The Morgan fingerprint density at radius 3 is 2.23 bits per heavy atom. The minimum absolute atomic E-state index is 0.0478. The fourth-order valence-corrected chi connectivity index (χ4v) is 3.35. The molecule has 3 rings (SSSR count). The number of nitrogens with zero attached hydrogens (tertiary/aromatic N) is 2. The van der Waals surface area contributed by atoms with Crippen molar-refractivity contribution in [3.05, 3.63) is 70.5 Å². The van der Waals surface area contributed by atoms with Crippen LogP contribution < -0.4 is 5.32 Å². The van der Waals surface area contributed by atoms with E-state index in [1.165, 1.54) is 16.2 Å². The summed E-state index contributed by atoms with van der Waals surface area (Å²) in [5, 5.41) is 3.52. The van der Waals surface area contributed by atoms with Gasteiger partial charge in [0.15, 0.2) is 0 Å². The molecule has 1 heterocycles. The van der Waals surface area contributed by atoms with Crippen LogP contribution in [0.4, 0.5) is 5.69 Å². The van der Waals surface area contributed by atoms with Crippen molar-refractivity contribution in [2.45, 2.75) is 6.42 Å². The number of aromatic nitrogens is 1. The van der Waals surface area contributed by atoms with E-state index >= 15 is 0 Å². The lowest BCUT2D eigenvalue weighted by atomic mass is 10.1. The van der Waals surface area contributed by atoms with Crippen LogP contribution in [0.3, 0.4) is 0 Å². The van der Waals surface area contributed by atoms with Crippen LogP contribution >= 0.6 is 11.3 Å². The first-order valence-electron chi connectivity index (χ1n) is 8.16. The molecule has 0 aliphatic rings. The number of anilines is 1. The molecule has 0 saturated heterocycles. The lowest BCUT2D eigenvalue weighted by Gasteiger charge is -2.07. The minimum Gasteiger partial charge on any atom is -0.348 e. The Balaban J connectivity index is 1.95. The van der Waals surface area contributed by atoms with E-state index in [1.807, 2.05) is 60.7 Å². The molecule has 1 N–H and O–H groups in total. The Hall–Kier alpha value is -2.99. The molecule has 0 radical (unpaired) electrons. The molecule has 1 aromatic heterocycles. The molecule has 3 aromatic rings. The largest absolute Gasteiger partial charge is 0.348 e. The summed E-state index contributed by atoms with van der Waals surface area (Å²) in [6, 6.07) is 18.8. The molecule has 0 aliphatic carbocycles. The van der Waals surface area contributed by atoms with Crippen LogP contribution in [0.5, 0.6) is 0 Å². The molecule has 0 bridgehead atoms. The van der Waals surface area contributed by atoms with Gasteiger partial charge >= 0.3 is 0 Å². The molecule has 6 heteroatoms. The van der Waals surface area contributed by atoms with Crippen LogP contribution in [-0.2, 0) is 11.2 Å². The van der Waals surface area contributed by atoms with Crippen molar-refractivity contribution in [3.8, 4) is 11.3 Å². The van der Waals surface area contributed by atoms with Gasteiger partial charge in [-0.15, -0.1) is 11.3 Å². The van der Waals surface area contributed by atoms with E-state index in [1.54, 1.807) is 14.1 Å². The van der Waals surface area contributed by atoms with Crippen molar-refractivity contribution in [1.82, 2.24) is 9.88 Å². The lowest BCUT2D eigenvalue weighted by Crippen LogP contribution is -2.23. The summed E-state index contributed by atoms with van der Waals surface area (Å²) in [5.74, 6) is -0.274. The van der Waals surface area contributed by atoms with Crippen molar-refractivity contribution < 1.29 is 9.59 Å². The van der Waals surface area contributed by atoms with E-state index in [4.69, 9.17) is 0 Å². The van der Waals surface area contributed by atoms with Gasteiger partial charge in [-0.3, -0.25) is 9.59 Å². The van der Waals surface area contributed by atoms with Crippen LogP contribution in [0.15, 0.2) is 60.7 Å². The number of hydrogen-bond donors (Lipinski definition) is 1. The van der Waals surface area contributed by atoms with E-state index in [0.29, 0.717) is 15.6 Å². The first kappa shape index (κ1) is 17.8. The highest BCUT2D eigenvalue weighted by Crippen LogP contribution is 2.29. The normalized spacial score (nSPS) is 10.4. The Labute approximate surface area is 156 Å². The zero-order valence-electron chi connectivity index (χ0n) is 14.6. The summed E-state index contributed by atoms with van der Waals surface area (Å²) < 4.78 is 0. The number of nitrogens with one attached hydrogen (secondary N) is 1. The average molecular weight is 365 g/mol. The van der Waals surface area contributed by atoms with Gasteiger partial charge in [-0.2, -0.15) is 0 Å². The predicted molar refractivity (Wildman–Crippen MR) is 104 cm³/mol. The molecule has 0 aliphatic heterocycles. The molecular weight excluding hydrogens is 346 g/mol. The highest BCUT2D eigenvalue weighted by Gasteiger charge is 2.21. The third-order valence-corrected chi connectivity index (χ3v) is 4.81. The van der Waals surface area contributed by atoms with Gasteiger partial charge in [0, 0.05) is 25.3 Å². The third kappa shape index (κ3) is 4.15. The first-order valence-corrected chi connectivity index (χ1v) is 8.98. The average Bonchev–Trinajstić information content (AvgIpc) is 3.07. The van der Waals surface area contributed by atoms with Crippen molar-refractivity contribution in [2.75, 3.05) is 19.4 Å². The van der Waals surface area contributed by atoms with E-state index in [2.05, 4.69) is 10.3 Å². The Bertz CT molecular complexity index is 905. The predicted octanol–water partition coefficient (Wildman–Crippen LogP) is 3.69. The highest BCUT2D eigenvalue weighted by molar-refractivity contribution is 7.14. The second-order valence-corrected chi connectivity index (χ2v) is 7.02. The quantitative estimate of drug-likeness (QED) is 0.750. The lowest BCUT2D eigenvalue weighted by molar-refractivity contribution is -0.127.